The molecular formula is C14H14O3. The lowest BCUT2D eigenvalue weighted by atomic mass is 10.0. The predicted octanol–water partition coefficient (Wildman–Crippen LogP) is 3.00. The van der Waals surface area contributed by atoms with Crippen molar-refractivity contribution in [3.63, 3.8) is 0 Å². The van der Waals surface area contributed by atoms with Crippen LogP contribution in [0.3, 0.4) is 0 Å². The first-order chi connectivity index (χ1) is 8.02. The molecule has 0 unspecified atom stereocenters. The molecule has 2 aromatic rings. The Morgan fingerprint density at radius 1 is 1.24 bits per heavy atom. The molecule has 0 spiro atoms. The van der Waals surface area contributed by atoms with Crippen LogP contribution in [-0.2, 0) is 0 Å². The maximum atomic E-state index is 11.8. The van der Waals surface area contributed by atoms with E-state index in [9.17, 15) is 9.59 Å². The number of Topliss-reactive ketones (excluding diaryl/α,β-unsaturated/α-hetero) is 1. The highest BCUT2D eigenvalue weighted by molar-refractivity contribution is 5.97. The summed E-state index contributed by atoms with van der Waals surface area (Å²) in [5, 5.41) is 1.33. The Hall–Kier alpha value is -1.90. The van der Waals surface area contributed by atoms with Gasteiger partial charge >= 0.3 is 5.63 Å². The zero-order valence-electron chi connectivity index (χ0n) is 10.2. The lowest BCUT2D eigenvalue weighted by Gasteiger charge is -2.04. The van der Waals surface area contributed by atoms with Crippen LogP contribution >= 0.6 is 0 Å². The summed E-state index contributed by atoms with van der Waals surface area (Å²) >= 11 is 0. The number of aryl methyl sites for hydroxylation is 2. The minimum absolute atomic E-state index is 0.148. The lowest BCUT2D eigenvalue weighted by molar-refractivity contribution is 0.0957. The Morgan fingerprint density at radius 3 is 2.59 bits per heavy atom. The maximum Gasteiger partial charge on any atom is 0.344 e. The normalized spacial score (nSPS) is 10.8. The van der Waals surface area contributed by atoms with Crippen LogP contribution in [0, 0.1) is 13.8 Å². The molecule has 0 aliphatic heterocycles. The highest BCUT2D eigenvalue weighted by atomic mass is 16.4. The summed E-state index contributed by atoms with van der Waals surface area (Å²) in [4.78, 5) is 23.4. The minimum Gasteiger partial charge on any atom is -0.419 e. The molecule has 0 N–H and O–H groups in total. The van der Waals surface area contributed by atoms with Gasteiger partial charge in [0.25, 0.3) is 0 Å². The fourth-order valence-corrected chi connectivity index (χ4v) is 2.03. The van der Waals surface area contributed by atoms with Gasteiger partial charge in [0.05, 0.1) is 5.39 Å². The molecule has 1 aromatic heterocycles. The zero-order valence-corrected chi connectivity index (χ0v) is 10.2. The van der Waals surface area contributed by atoms with Crippen LogP contribution in [0.4, 0.5) is 0 Å². The van der Waals surface area contributed by atoms with Crippen molar-refractivity contribution in [1.82, 2.24) is 0 Å². The van der Waals surface area contributed by atoms with Crippen LogP contribution < -0.4 is 5.63 Å². The second kappa shape index (κ2) is 4.17. The van der Waals surface area contributed by atoms with Gasteiger partial charge in [0.15, 0.2) is 11.5 Å². The first kappa shape index (κ1) is 11.6. The van der Waals surface area contributed by atoms with E-state index in [1.807, 2.05) is 26.0 Å². The SMILES string of the molecule is CCC(=O)c1cc2cc(C)cc(C)c2c(=O)o1. The summed E-state index contributed by atoms with van der Waals surface area (Å²) in [6.45, 7) is 5.57. The van der Waals surface area contributed by atoms with Crippen molar-refractivity contribution >= 4 is 16.6 Å². The van der Waals surface area contributed by atoms with Crippen LogP contribution in [0.1, 0.15) is 35.0 Å². The number of rotatable bonds is 2. The average molecular weight is 230 g/mol. The molecule has 0 bridgehead atoms. The van der Waals surface area contributed by atoms with Gasteiger partial charge in [0, 0.05) is 6.42 Å². The van der Waals surface area contributed by atoms with E-state index in [2.05, 4.69) is 0 Å². The summed E-state index contributed by atoms with van der Waals surface area (Å²) in [6, 6.07) is 5.48. The van der Waals surface area contributed by atoms with Crippen LogP contribution in [0.25, 0.3) is 10.8 Å². The third kappa shape index (κ3) is 2.00. The molecule has 0 saturated carbocycles. The van der Waals surface area contributed by atoms with E-state index in [0.29, 0.717) is 11.8 Å². The monoisotopic (exact) mass is 230 g/mol. The van der Waals surface area contributed by atoms with Crippen molar-refractivity contribution in [3.8, 4) is 0 Å². The predicted molar refractivity (Wildman–Crippen MR) is 66.6 cm³/mol. The molecule has 0 aliphatic carbocycles. The Balaban J connectivity index is 2.82. The topological polar surface area (TPSA) is 47.3 Å². The molecule has 88 valence electrons. The third-order valence-electron chi connectivity index (χ3n) is 2.80. The average Bonchev–Trinajstić information content (AvgIpc) is 2.26. The second-order valence-electron chi connectivity index (χ2n) is 4.22. The Labute approximate surface area is 99.1 Å². The molecule has 0 saturated heterocycles. The van der Waals surface area contributed by atoms with Gasteiger partial charge < -0.3 is 4.42 Å². The number of carbonyl (C=O) groups is 1. The molecule has 0 amide bonds. The Bertz CT molecular complexity index is 650. The largest absolute Gasteiger partial charge is 0.419 e. The van der Waals surface area contributed by atoms with Crippen LogP contribution in [-0.4, -0.2) is 5.78 Å². The van der Waals surface area contributed by atoms with Crippen molar-refractivity contribution < 1.29 is 9.21 Å². The number of fused-ring (bicyclic) bond motifs is 1. The first-order valence-corrected chi connectivity index (χ1v) is 5.61. The van der Waals surface area contributed by atoms with Gasteiger partial charge in [0.2, 0.25) is 0 Å². The van der Waals surface area contributed by atoms with E-state index in [4.69, 9.17) is 4.42 Å². The first-order valence-electron chi connectivity index (χ1n) is 5.61. The van der Waals surface area contributed by atoms with Gasteiger partial charge in [-0.05, 0) is 30.9 Å². The number of benzene rings is 1. The van der Waals surface area contributed by atoms with Gasteiger partial charge in [-0.1, -0.05) is 24.6 Å². The summed E-state index contributed by atoms with van der Waals surface area (Å²) in [5.41, 5.74) is 1.51. The number of hydrogen-bond acceptors (Lipinski definition) is 3. The van der Waals surface area contributed by atoms with Crippen molar-refractivity contribution in [1.29, 1.82) is 0 Å². The molecule has 0 fully saturated rings. The molecule has 1 heterocycles. The molecule has 0 aliphatic rings. The van der Waals surface area contributed by atoms with Gasteiger partial charge in [-0.15, -0.1) is 0 Å². The van der Waals surface area contributed by atoms with E-state index in [0.717, 1.165) is 16.5 Å². The molecule has 0 radical (unpaired) electrons. The molecule has 17 heavy (non-hydrogen) atoms. The van der Waals surface area contributed by atoms with E-state index in [1.54, 1.807) is 13.0 Å². The standard InChI is InChI=1S/C14H14O3/c1-4-11(15)12-7-10-6-8(2)5-9(3)13(10)14(16)17-12/h5-7H,4H2,1-3H3. The number of ketones is 1. The summed E-state index contributed by atoms with van der Waals surface area (Å²) < 4.78 is 5.06. The molecule has 0 atom stereocenters. The fraction of sp³-hybridized carbons (Fsp3) is 0.286. The smallest absolute Gasteiger partial charge is 0.344 e. The summed E-state index contributed by atoms with van der Waals surface area (Å²) in [5.74, 6) is -0.00170. The maximum absolute atomic E-state index is 11.8. The fourth-order valence-electron chi connectivity index (χ4n) is 2.03. The Morgan fingerprint density at radius 2 is 1.94 bits per heavy atom. The van der Waals surface area contributed by atoms with E-state index < -0.39 is 5.63 Å². The summed E-state index contributed by atoms with van der Waals surface area (Å²) in [6.07, 6.45) is 0.333. The molecule has 2 rings (SSSR count). The molecule has 1 aromatic carbocycles. The van der Waals surface area contributed by atoms with Crippen molar-refractivity contribution in [3.05, 3.63) is 45.5 Å². The van der Waals surface area contributed by atoms with E-state index in [-0.39, 0.29) is 11.5 Å². The van der Waals surface area contributed by atoms with Crippen molar-refractivity contribution in [2.75, 3.05) is 0 Å². The minimum atomic E-state index is -0.434. The quantitative estimate of drug-likeness (QED) is 0.745. The zero-order chi connectivity index (χ0) is 12.6. The van der Waals surface area contributed by atoms with Crippen molar-refractivity contribution in [2.45, 2.75) is 27.2 Å². The molecule has 3 heteroatoms. The molecular weight excluding hydrogens is 216 g/mol. The van der Waals surface area contributed by atoms with Gasteiger partial charge in [-0.2, -0.15) is 0 Å². The Kier molecular flexibility index (Phi) is 2.84. The summed E-state index contributed by atoms with van der Waals surface area (Å²) in [7, 11) is 0. The van der Waals surface area contributed by atoms with Crippen LogP contribution in [0.15, 0.2) is 27.4 Å². The van der Waals surface area contributed by atoms with E-state index >= 15 is 0 Å². The lowest BCUT2D eigenvalue weighted by Crippen LogP contribution is -2.07. The van der Waals surface area contributed by atoms with Crippen LogP contribution in [0.5, 0.6) is 0 Å². The van der Waals surface area contributed by atoms with Gasteiger partial charge in [-0.3, -0.25) is 4.79 Å². The highest BCUT2D eigenvalue weighted by Gasteiger charge is 2.12. The molecule has 3 nitrogen and oxygen atoms in total. The van der Waals surface area contributed by atoms with Crippen LogP contribution in [0.2, 0.25) is 0 Å². The number of carbonyl (C=O) groups excluding carboxylic acids is 1. The third-order valence-corrected chi connectivity index (χ3v) is 2.80. The number of hydrogen-bond donors (Lipinski definition) is 0. The van der Waals surface area contributed by atoms with Gasteiger partial charge in [0.1, 0.15) is 0 Å². The highest BCUT2D eigenvalue weighted by Crippen LogP contribution is 2.19. The second-order valence-corrected chi connectivity index (χ2v) is 4.22. The van der Waals surface area contributed by atoms with Gasteiger partial charge in [-0.25, -0.2) is 4.79 Å². The van der Waals surface area contributed by atoms with Crippen molar-refractivity contribution in [2.24, 2.45) is 0 Å². The van der Waals surface area contributed by atoms with E-state index in [1.165, 1.54) is 0 Å².